The van der Waals surface area contributed by atoms with Crippen LogP contribution in [0.25, 0.3) is 10.2 Å². The molecule has 6 rings (SSSR count). The number of nitrogens with zero attached hydrogens (tertiary/aromatic N) is 3. The van der Waals surface area contributed by atoms with Crippen molar-refractivity contribution in [3.63, 3.8) is 0 Å². The Bertz CT molecular complexity index is 1050. The second-order valence-electron chi connectivity index (χ2n) is 8.20. The van der Waals surface area contributed by atoms with E-state index >= 15 is 0 Å². The molecule has 1 N–H and O–H groups in total. The number of aromatic nitrogens is 2. The van der Waals surface area contributed by atoms with E-state index in [4.69, 9.17) is 4.74 Å². The molecule has 148 valence electrons. The predicted molar refractivity (Wildman–Crippen MR) is 114 cm³/mol. The summed E-state index contributed by atoms with van der Waals surface area (Å²) in [4.78, 5) is 24.8. The quantitative estimate of drug-likeness (QED) is 0.718. The van der Waals surface area contributed by atoms with Crippen LogP contribution in [0.15, 0.2) is 42.6 Å². The molecule has 1 aromatic carbocycles. The molecule has 1 aliphatic carbocycles. The first-order valence-corrected chi connectivity index (χ1v) is 11.1. The first-order valence-electron chi connectivity index (χ1n) is 10.2. The second-order valence-corrected chi connectivity index (χ2v) is 9.23. The summed E-state index contributed by atoms with van der Waals surface area (Å²) < 4.78 is 6.75. The fourth-order valence-corrected chi connectivity index (χ4v) is 5.91. The lowest BCUT2D eigenvalue weighted by molar-refractivity contribution is -0.127. The zero-order chi connectivity index (χ0) is 19.4. The molecule has 3 aliphatic rings. The molecule has 2 aliphatic heterocycles. The first-order chi connectivity index (χ1) is 14.2. The van der Waals surface area contributed by atoms with E-state index in [2.05, 4.69) is 27.4 Å². The van der Waals surface area contributed by atoms with Crippen LogP contribution < -0.4 is 10.2 Å². The van der Waals surface area contributed by atoms with Crippen molar-refractivity contribution in [2.45, 2.75) is 43.2 Å². The molecular weight excluding hydrogens is 384 g/mol. The molecule has 1 amide bonds. The summed E-state index contributed by atoms with van der Waals surface area (Å²) in [6, 6.07) is 12.8. The normalized spacial score (nSPS) is 25.2. The van der Waals surface area contributed by atoms with E-state index in [1.165, 1.54) is 4.70 Å². The van der Waals surface area contributed by atoms with Gasteiger partial charge in [0, 0.05) is 37.1 Å². The van der Waals surface area contributed by atoms with Gasteiger partial charge in [0.05, 0.1) is 15.6 Å². The maximum atomic E-state index is 13.6. The lowest BCUT2D eigenvalue weighted by Crippen LogP contribution is -2.54. The van der Waals surface area contributed by atoms with Gasteiger partial charge in [0.15, 0.2) is 5.13 Å². The molecule has 0 atom stereocenters. The number of ether oxygens (including phenoxy) is 1. The molecular formula is C22H22N4O2S. The Hall–Kier alpha value is -2.51. The van der Waals surface area contributed by atoms with E-state index in [0.717, 1.165) is 47.7 Å². The summed E-state index contributed by atoms with van der Waals surface area (Å²) in [6.45, 7) is 1.28. The lowest BCUT2D eigenvalue weighted by atomic mass is 9.75. The summed E-state index contributed by atoms with van der Waals surface area (Å²) in [5.74, 6) is 1.08. The van der Waals surface area contributed by atoms with Gasteiger partial charge in [-0.05, 0) is 43.9 Å². The molecule has 1 spiro atoms. The number of para-hydroxylation sites is 1. The van der Waals surface area contributed by atoms with Gasteiger partial charge in [-0.15, -0.1) is 0 Å². The zero-order valence-corrected chi connectivity index (χ0v) is 16.8. The number of hydrogen-bond donors (Lipinski definition) is 1. The van der Waals surface area contributed by atoms with Crippen LogP contribution >= 0.6 is 11.3 Å². The van der Waals surface area contributed by atoms with Crippen LogP contribution in [0.2, 0.25) is 0 Å². The number of amides is 1. The summed E-state index contributed by atoms with van der Waals surface area (Å²) in [5, 5.41) is 4.52. The molecule has 0 unspecified atom stereocenters. The molecule has 1 saturated heterocycles. The minimum absolute atomic E-state index is 0.199. The molecule has 29 heavy (non-hydrogen) atoms. The van der Waals surface area contributed by atoms with Crippen LogP contribution in [0.1, 0.15) is 31.2 Å². The number of anilines is 2. The first kappa shape index (κ1) is 17.4. The van der Waals surface area contributed by atoms with Gasteiger partial charge in [-0.3, -0.25) is 9.69 Å². The summed E-state index contributed by atoms with van der Waals surface area (Å²) in [6.07, 6.45) is 5.14. The van der Waals surface area contributed by atoms with E-state index < -0.39 is 5.41 Å². The topological polar surface area (TPSA) is 67.4 Å². The van der Waals surface area contributed by atoms with Gasteiger partial charge < -0.3 is 10.1 Å². The standard InChI is InChI=1S/C22H22N4O2S/c27-20-22(7-10-28-11-8-22)16-4-3-9-23-19(16)26(20)15-12-14(13-15)24-21-25-17-5-1-2-6-18(17)29-21/h1-6,9,14-15H,7-8,10-13H2,(H,24,25). The monoisotopic (exact) mass is 406 g/mol. The zero-order valence-electron chi connectivity index (χ0n) is 16.0. The highest BCUT2D eigenvalue weighted by atomic mass is 32.1. The van der Waals surface area contributed by atoms with Crippen LogP contribution in [0.4, 0.5) is 10.9 Å². The van der Waals surface area contributed by atoms with Crippen molar-refractivity contribution in [3.05, 3.63) is 48.2 Å². The molecule has 6 nitrogen and oxygen atoms in total. The maximum Gasteiger partial charge on any atom is 0.239 e. The number of nitrogens with one attached hydrogen (secondary N) is 1. The summed E-state index contributed by atoms with van der Waals surface area (Å²) in [5.41, 5.74) is 1.69. The largest absolute Gasteiger partial charge is 0.381 e. The van der Waals surface area contributed by atoms with Crippen LogP contribution in [0.5, 0.6) is 0 Å². The minimum Gasteiger partial charge on any atom is -0.381 e. The Kier molecular flexibility index (Phi) is 3.89. The van der Waals surface area contributed by atoms with E-state index in [9.17, 15) is 4.79 Å². The molecule has 0 radical (unpaired) electrons. The Morgan fingerprint density at radius 3 is 2.79 bits per heavy atom. The smallest absolute Gasteiger partial charge is 0.239 e. The Morgan fingerprint density at radius 1 is 1.14 bits per heavy atom. The number of benzene rings is 1. The highest BCUT2D eigenvalue weighted by Crippen LogP contribution is 2.49. The lowest BCUT2D eigenvalue weighted by Gasteiger charge is -2.42. The molecule has 3 aromatic rings. The van der Waals surface area contributed by atoms with Gasteiger partial charge in [0.2, 0.25) is 5.91 Å². The average molecular weight is 407 g/mol. The third kappa shape index (κ3) is 2.60. The molecule has 2 aromatic heterocycles. The number of thiazole rings is 1. The molecule has 7 heteroatoms. The van der Waals surface area contributed by atoms with Crippen molar-refractivity contribution < 1.29 is 9.53 Å². The number of carbonyl (C=O) groups excluding carboxylic acids is 1. The SMILES string of the molecule is O=C1N(C2CC(Nc3nc4ccccc4s3)C2)c2ncccc2C12CCOCC2. The third-order valence-corrected chi connectivity index (χ3v) is 7.57. The fourth-order valence-electron chi connectivity index (χ4n) is 4.97. The van der Waals surface area contributed by atoms with Crippen molar-refractivity contribution in [2.75, 3.05) is 23.4 Å². The number of rotatable bonds is 3. The maximum absolute atomic E-state index is 13.6. The Balaban J connectivity index is 1.21. The van der Waals surface area contributed by atoms with Crippen molar-refractivity contribution in [1.82, 2.24) is 9.97 Å². The van der Waals surface area contributed by atoms with Crippen molar-refractivity contribution >= 4 is 38.4 Å². The van der Waals surface area contributed by atoms with Gasteiger partial charge in [0.1, 0.15) is 5.82 Å². The number of carbonyl (C=O) groups is 1. The van der Waals surface area contributed by atoms with Crippen molar-refractivity contribution in [3.8, 4) is 0 Å². The van der Waals surface area contributed by atoms with Gasteiger partial charge in [-0.2, -0.15) is 0 Å². The summed E-state index contributed by atoms with van der Waals surface area (Å²) in [7, 11) is 0. The van der Waals surface area contributed by atoms with Crippen molar-refractivity contribution in [1.29, 1.82) is 0 Å². The van der Waals surface area contributed by atoms with E-state index in [1.807, 2.05) is 29.2 Å². The fraction of sp³-hybridized carbons (Fsp3) is 0.409. The van der Waals surface area contributed by atoms with Crippen LogP contribution in [0, 0.1) is 0 Å². The Morgan fingerprint density at radius 2 is 1.97 bits per heavy atom. The molecule has 4 heterocycles. The van der Waals surface area contributed by atoms with Gasteiger partial charge in [-0.25, -0.2) is 9.97 Å². The predicted octanol–water partition coefficient (Wildman–Crippen LogP) is 3.73. The number of pyridine rings is 1. The average Bonchev–Trinajstić information content (AvgIpc) is 3.24. The second kappa shape index (κ2) is 6.50. The highest BCUT2D eigenvalue weighted by molar-refractivity contribution is 7.22. The Labute approximate surface area is 172 Å². The minimum atomic E-state index is -0.437. The molecule has 0 bridgehead atoms. The van der Waals surface area contributed by atoms with Gasteiger partial charge in [-0.1, -0.05) is 29.5 Å². The van der Waals surface area contributed by atoms with Crippen LogP contribution in [-0.4, -0.2) is 41.2 Å². The van der Waals surface area contributed by atoms with E-state index in [0.29, 0.717) is 19.3 Å². The highest BCUT2D eigenvalue weighted by Gasteiger charge is 2.55. The van der Waals surface area contributed by atoms with E-state index in [1.54, 1.807) is 17.5 Å². The molecule has 1 saturated carbocycles. The number of hydrogen-bond acceptors (Lipinski definition) is 6. The molecule has 2 fully saturated rings. The van der Waals surface area contributed by atoms with Crippen LogP contribution in [0.3, 0.4) is 0 Å². The van der Waals surface area contributed by atoms with Crippen LogP contribution in [-0.2, 0) is 14.9 Å². The van der Waals surface area contributed by atoms with Gasteiger partial charge in [0.25, 0.3) is 0 Å². The van der Waals surface area contributed by atoms with E-state index in [-0.39, 0.29) is 11.9 Å². The van der Waals surface area contributed by atoms with Gasteiger partial charge >= 0.3 is 0 Å². The number of fused-ring (bicyclic) bond motifs is 3. The summed E-state index contributed by atoms with van der Waals surface area (Å²) >= 11 is 1.69. The third-order valence-electron chi connectivity index (χ3n) is 6.60. The van der Waals surface area contributed by atoms with Crippen molar-refractivity contribution in [2.24, 2.45) is 0 Å².